The molecule has 3 aromatic rings. The molecule has 0 bridgehead atoms. The van der Waals surface area contributed by atoms with Gasteiger partial charge in [-0.1, -0.05) is 65.9 Å². The molecule has 0 saturated carbocycles. The van der Waals surface area contributed by atoms with Crippen LogP contribution in [0.5, 0.6) is 0 Å². The molecule has 196 valence electrons. The Hall–Kier alpha value is -3.35. The monoisotopic (exact) mass is 509 g/mol. The van der Waals surface area contributed by atoms with Gasteiger partial charge in [-0.3, -0.25) is 4.79 Å². The van der Waals surface area contributed by atoms with Gasteiger partial charge in [0.25, 0.3) is 5.91 Å². The van der Waals surface area contributed by atoms with E-state index in [9.17, 15) is 4.79 Å². The lowest BCUT2D eigenvalue weighted by Crippen LogP contribution is -2.43. The van der Waals surface area contributed by atoms with Crippen LogP contribution >= 0.6 is 0 Å². The van der Waals surface area contributed by atoms with E-state index in [2.05, 4.69) is 10.3 Å². The SMILES string of the molecule is CC1(C)O[C@H]2O[C@H]([C@H](COCc3ccccc3)n3nnc(C(N)=O)c3N)[C@H](OCc3ccccc3)[C@H]2O1. The van der Waals surface area contributed by atoms with Gasteiger partial charge in [0.1, 0.15) is 24.4 Å². The van der Waals surface area contributed by atoms with Crippen LogP contribution in [-0.2, 0) is 36.9 Å². The van der Waals surface area contributed by atoms with E-state index in [1.165, 1.54) is 4.68 Å². The van der Waals surface area contributed by atoms with Gasteiger partial charge in [-0.05, 0) is 25.0 Å². The van der Waals surface area contributed by atoms with E-state index in [1.807, 2.05) is 74.5 Å². The van der Waals surface area contributed by atoms with Crippen LogP contribution in [0.15, 0.2) is 60.7 Å². The van der Waals surface area contributed by atoms with Gasteiger partial charge in [-0.15, -0.1) is 5.10 Å². The Morgan fingerprint density at radius 2 is 1.70 bits per heavy atom. The van der Waals surface area contributed by atoms with Crippen molar-refractivity contribution in [1.29, 1.82) is 0 Å². The zero-order valence-corrected chi connectivity index (χ0v) is 20.7. The fraction of sp³-hybridized carbons (Fsp3) is 0.423. The lowest BCUT2D eigenvalue weighted by molar-refractivity contribution is -0.226. The zero-order valence-electron chi connectivity index (χ0n) is 20.7. The molecule has 2 saturated heterocycles. The number of aromatic nitrogens is 3. The summed E-state index contributed by atoms with van der Waals surface area (Å²) in [5, 5.41) is 8.01. The number of fused-ring (bicyclic) bond motifs is 1. The molecule has 2 aliphatic heterocycles. The van der Waals surface area contributed by atoms with Gasteiger partial charge in [0.2, 0.25) is 0 Å². The Labute approximate surface area is 214 Å². The zero-order chi connectivity index (χ0) is 26.0. The van der Waals surface area contributed by atoms with Crippen molar-refractivity contribution < 1.29 is 28.5 Å². The second-order valence-corrected chi connectivity index (χ2v) is 9.53. The molecule has 0 unspecified atom stereocenters. The van der Waals surface area contributed by atoms with E-state index in [4.69, 9.17) is 35.2 Å². The fourth-order valence-electron chi connectivity index (χ4n) is 4.67. The van der Waals surface area contributed by atoms with Crippen molar-refractivity contribution in [2.24, 2.45) is 5.73 Å². The second kappa shape index (κ2) is 10.6. The topological polar surface area (TPSA) is 146 Å². The van der Waals surface area contributed by atoms with Crippen molar-refractivity contribution in [2.45, 2.75) is 63.5 Å². The first-order valence-electron chi connectivity index (χ1n) is 12.1. The molecule has 1 aromatic heterocycles. The smallest absolute Gasteiger partial charge is 0.273 e. The highest BCUT2D eigenvalue weighted by molar-refractivity contribution is 5.94. The average molecular weight is 510 g/mol. The lowest BCUT2D eigenvalue weighted by Gasteiger charge is -2.31. The first-order chi connectivity index (χ1) is 17.8. The molecule has 1 amide bonds. The molecule has 37 heavy (non-hydrogen) atoms. The standard InChI is InChI=1S/C26H31N5O6/c1-26(2)36-22-21(34-14-17-11-7-4-8-12-17)20(35-25(22)37-26)18(15-33-13-16-9-5-3-6-10-16)31-23(27)19(24(28)32)29-30-31/h3-12,18,20-22,25H,13-15,27H2,1-2H3,(H2,28,32)/t18-,20+,21-,22+,25+/m0/s1. The number of primary amides is 1. The highest BCUT2D eigenvalue weighted by atomic mass is 16.8. The van der Waals surface area contributed by atoms with Crippen LogP contribution in [0.3, 0.4) is 0 Å². The van der Waals surface area contributed by atoms with Gasteiger partial charge in [0, 0.05) is 0 Å². The second-order valence-electron chi connectivity index (χ2n) is 9.53. The quantitative estimate of drug-likeness (QED) is 0.420. The van der Waals surface area contributed by atoms with Crippen LogP contribution in [0, 0.1) is 0 Å². The predicted octanol–water partition coefficient (Wildman–Crippen LogP) is 2.18. The predicted molar refractivity (Wildman–Crippen MR) is 132 cm³/mol. The fourth-order valence-corrected chi connectivity index (χ4v) is 4.67. The highest BCUT2D eigenvalue weighted by Crippen LogP contribution is 2.42. The van der Waals surface area contributed by atoms with Crippen LogP contribution in [0.25, 0.3) is 0 Å². The van der Waals surface area contributed by atoms with Crippen molar-refractivity contribution >= 4 is 11.7 Å². The molecule has 5 atom stereocenters. The molecule has 2 aliphatic rings. The first kappa shape index (κ1) is 25.3. The largest absolute Gasteiger partial charge is 0.382 e. The van der Waals surface area contributed by atoms with E-state index in [0.29, 0.717) is 13.2 Å². The number of benzene rings is 2. The van der Waals surface area contributed by atoms with Gasteiger partial charge in [0.05, 0.1) is 19.8 Å². The Bertz CT molecular complexity index is 1200. The summed E-state index contributed by atoms with van der Waals surface area (Å²) in [5.41, 5.74) is 13.6. The van der Waals surface area contributed by atoms with E-state index in [-0.39, 0.29) is 18.1 Å². The Balaban J connectivity index is 1.43. The van der Waals surface area contributed by atoms with E-state index >= 15 is 0 Å². The summed E-state index contributed by atoms with van der Waals surface area (Å²) in [6.07, 6.45) is -2.37. The van der Waals surface area contributed by atoms with Crippen LogP contribution in [-0.4, -0.2) is 57.9 Å². The third kappa shape index (κ3) is 5.50. The van der Waals surface area contributed by atoms with Crippen LogP contribution in [0.4, 0.5) is 5.82 Å². The molecule has 11 nitrogen and oxygen atoms in total. The van der Waals surface area contributed by atoms with Crippen molar-refractivity contribution in [3.8, 4) is 0 Å². The summed E-state index contributed by atoms with van der Waals surface area (Å²) in [5.74, 6) is -1.59. The average Bonchev–Trinajstić information content (AvgIpc) is 3.51. The van der Waals surface area contributed by atoms with Gasteiger partial charge < -0.3 is 35.2 Å². The normalized spacial score (nSPS) is 25.1. The van der Waals surface area contributed by atoms with Crippen LogP contribution < -0.4 is 11.5 Å². The summed E-state index contributed by atoms with van der Waals surface area (Å²) in [4.78, 5) is 11.8. The summed E-state index contributed by atoms with van der Waals surface area (Å²) < 4.78 is 32.4. The summed E-state index contributed by atoms with van der Waals surface area (Å²) >= 11 is 0. The molecule has 0 spiro atoms. The molecular formula is C26H31N5O6. The molecule has 4 N–H and O–H groups in total. The number of carbonyl (C=O) groups excluding carboxylic acids is 1. The minimum absolute atomic E-state index is 0.0189. The minimum atomic E-state index is -0.834. The summed E-state index contributed by atoms with van der Waals surface area (Å²) in [6, 6.07) is 18.9. The number of hydrogen-bond acceptors (Lipinski definition) is 9. The van der Waals surface area contributed by atoms with E-state index < -0.39 is 42.3 Å². The number of carbonyl (C=O) groups is 1. The van der Waals surface area contributed by atoms with Crippen molar-refractivity contribution in [3.63, 3.8) is 0 Å². The summed E-state index contributed by atoms with van der Waals surface area (Å²) in [7, 11) is 0. The molecule has 11 heteroatoms. The Morgan fingerprint density at radius 3 is 2.32 bits per heavy atom. The number of nitrogen functional groups attached to an aromatic ring is 1. The maximum atomic E-state index is 11.8. The molecule has 2 aromatic carbocycles. The van der Waals surface area contributed by atoms with Crippen LogP contribution in [0.1, 0.15) is 41.5 Å². The van der Waals surface area contributed by atoms with Gasteiger partial charge in [0.15, 0.2) is 23.6 Å². The molecule has 2 fully saturated rings. The van der Waals surface area contributed by atoms with Crippen molar-refractivity contribution in [3.05, 3.63) is 77.5 Å². The third-order valence-corrected chi connectivity index (χ3v) is 6.37. The number of amides is 1. The third-order valence-electron chi connectivity index (χ3n) is 6.37. The molecule has 5 rings (SSSR count). The molecule has 0 aliphatic carbocycles. The number of anilines is 1. The van der Waals surface area contributed by atoms with E-state index in [1.54, 1.807) is 0 Å². The van der Waals surface area contributed by atoms with Crippen LogP contribution in [0.2, 0.25) is 0 Å². The van der Waals surface area contributed by atoms with Crippen molar-refractivity contribution in [2.75, 3.05) is 12.3 Å². The number of nitrogens with zero attached hydrogens (tertiary/aromatic N) is 3. The first-order valence-corrected chi connectivity index (χ1v) is 12.1. The molecular weight excluding hydrogens is 478 g/mol. The number of hydrogen-bond donors (Lipinski definition) is 2. The highest BCUT2D eigenvalue weighted by Gasteiger charge is 2.58. The van der Waals surface area contributed by atoms with Gasteiger partial charge >= 0.3 is 0 Å². The maximum absolute atomic E-state index is 11.8. The number of rotatable bonds is 10. The molecule has 3 heterocycles. The Kier molecular flexibility index (Phi) is 7.22. The summed E-state index contributed by atoms with van der Waals surface area (Å²) in [6.45, 7) is 4.47. The minimum Gasteiger partial charge on any atom is -0.382 e. The van der Waals surface area contributed by atoms with E-state index in [0.717, 1.165) is 11.1 Å². The molecule has 0 radical (unpaired) electrons. The van der Waals surface area contributed by atoms with Gasteiger partial charge in [-0.2, -0.15) is 0 Å². The number of ether oxygens (including phenoxy) is 5. The number of nitrogens with two attached hydrogens (primary N) is 2. The Morgan fingerprint density at radius 1 is 1.05 bits per heavy atom. The lowest BCUT2D eigenvalue weighted by atomic mass is 10.0. The van der Waals surface area contributed by atoms with Gasteiger partial charge in [-0.25, -0.2) is 4.68 Å². The maximum Gasteiger partial charge on any atom is 0.273 e. The van der Waals surface area contributed by atoms with Crippen molar-refractivity contribution in [1.82, 2.24) is 15.0 Å².